The third kappa shape index (κ3) is 6.20. The molecule has 0 aliphatic carbocycles. The molecule has 1 fully saturated rings. The number of morpholine rings is 1. The van der Waals surface area contributed by atoms with Crippen LogP contribution in [0.5, 0.6) is 0 Å². The third-order valence-electron chi connectivity index (χ3n) is 3.42. The highest BCUT2D eigenvalue weighted by Crippen LogP contribution is 2.15. The van der Waals surface area contributed by atoms with Gasteiger partial charge in [-0.05, 0) is 34.1 Å². The van der Waals surface area contributed by atoms with Crippen molar-refractivity contribution in [2.75, 3.05) is 19.7 Å². The summed E-state index contributed by atoms with van der Waals surface area (Å²) in [6.45, 7) is 12.1. The van der Waals surface area contributed by atoms with Crippen LogP contribution in [0, 0.1) is 0 Å². The van der Waals surface area contributed by atoms with Crippen LogP contribution in [0.4, 0.5) is 0 Å². The van der Waals surface area contributed by atoms with Gasteiger partial charge in [0.2, 0.25) is 5.91 Å². The van der Waals surface area contributed by atoms with E-state index in [1.165, 1.54) is 0 Å². The van der Waals surface area contributed by atoms with Gasteiger partial charge in [0.25, 0.3) is 0 Å². The van der Waals surface area contributed by atoms with E-state index < -0.39 is 6.10 Å². The zero-order valence-electron chi connectivity index (χ0n) is 13.5. The molecule has 3 atom stereocenters. The number of hydrogen-bond donors (Lipinski definition) is 2. The fourth-order valence-corrected chi connectivity index (χ4v) is 2.35. The van der Waals surface area contributed by atoms with Gasteiger partial charge in [0.15, 0.2) is 0 Å². The Bertz CT molecular complexity index is 307. The summed E-state index contributed by atoms with van der Waals surface area (Å²) >= 11 is 0. The van der Waals surface area contributed by atoms with Gasteiger partial charge in [0.05, 0.1) is 18.3 Å². The molecule has 0 aromatic rings. The van der Waals surface area contributed by atoms with Crippen LogP contribution < -0.4 is 10.6 Å². The van der Waals surface area contributed by atoms with Crippen LogP contribution in [0.3, 0.4) is 0 Å². The van der Waals surface area contributed by atoms with Crippen LogP contribution in [-0.4, -0.2) is 49.5 Å². The molecular weight excluding hydrogens is 256 g/mol. The molecule has 5 heteroatoms. The maximum Gasteiger partial charge on any atom is 0.249 e. The fraction of sp³-hybridized carbons (Fsp3) is 0.933. The lowest BCUT2D eigenvalue weighted by Crippen LogP contribution is -2.52. The van der Waals surface area contributed by atoms with Crippen LogP contribution in [-0.2, 0) is 14.3 Å². The summed E-state index contributed by atoms with van der Waals surface area (Å²) in [5, 5.41) is 6.29. The normalized spacial score (nSPS) is 24.9. The first kappa shape index (κ1) is 17.4. The Morgan fingerprint density at radius 2 is 2.20 bits per heavy atom. The average Bonchev–Trinajstić information content (AvgIpc) is 2.35. The SMILES string of the molecule is CCCC(C)NC(=O)C(C)OCC1CNCC(C)(C)O1. The van der Waals surface area contributed by atoms with Gasteiger partial charge >= 0.3 is 0 Å². The van der Waals surface area contributed by atoms with Gasteiger partial charge in [-0.3, -0.25) is 4.79 Å². The first-order valence-electron chi connectivity index (χ1n) is 7.64. The van der Waals surface area contributed by atoms with E-state index in [1.807, 2.05) is 6.92 Å². The monoisotopic (exact) mass is 286 g/mol. The zero-order chi connectivity index (χ0) is 15.2. The topological polar surface area (TPSA) is 59.6 Å². The summed E-state index contributed by atoms with van der Waals surface area (Å²) in [7, 11) is 0. The molecule has 1 saturated heterocycles. The number of rotatable bonds is 7. The van der Waals surface area contributed by atoms with Gasteiger partial charge in [0, 0.05) is 19.1 Å². The van der Waals surface area contributed by atoms with Gasteiger partial charge in [0.1, 0.15) is 6.10 Å². The van der Waals surface area contributed by atoms with Gasteiger partial charge in [-0.15, -0.1) is 0 Å². The second-order valence-corrected chi connectivity index (χ2v) is 6.30. The van der Waals surface area contributed by atoms with E-state index in [0.29, 0.717) is 6.61 Å². The second-order valence-electron chi connectivity index (χ2n) is 6.30. The maximum atomic E-state index is 11.9. The van der Waals surface area contributed by atoms with E-state index in [-0.39, 0.29) is 23.7 Å². The molecule has 1 aliphatic rings. The summed E-state index contributed by atoms with van der Waals surface area (Å²) in [4.78, 5) is 11.9. The van der Waals surface area contributed by atoms with Crippen LogP contribution in [0.15, 0.2) is 0 Å². The summed E-state index contributed by atoms with van der Waals surface area (Å²) in [5.41, 5.74) is -0.173. The van der Waals surface area contributed by atoms with Crippen molar-refractivity contribution < 1.29 is 14.3 Å². The molecular formula is C15H30N2O3. The average molecular weight is 286 g/mol. The molecule has 1 heterocycles. The van der Waals surface area contributed by atoms with Gasteiger partial charge < -0.3 is 20.1 Å². The zero-order valence-corrected chi connectivity index (χ0v) is 13.5. The molecule has 0 aromatic heterocycles. The number of carbonyl (C=O) groups excluding carboxylic acids is 1. The smallest absolute Gasteiger partial charge is 0.249 e. The van der Waals surface area contributed by atoms with Crippen molar-refractivity contribution in [2.45, 2.75) is 71.3 Å². The molecule has 0 aromatic carbocycles. The minimum atomic E-state index is -0.442. The van der Waals surface area contributed by atoms with Crippen LogP contribution in [0.2, 0.25) is 0 Å². The lowest BCUT2D eigenvalue weighted by atomic mass is 10.1. The molecule has 3 unspecified atom stereocenters. The Morgan fingerprint density at radius 1 is 1.50 bits per heavy atom. The molecule has 118 valence electrons. The molecule has 0 bridgehead atoms. The number of ether oxygens (including phenoxy) is 2. The van der Waals surface area contributed by atoms with Crippen molar-refractivity contribution in [3.63, 3.8) is 0 Å². The van der Waals surface area contributed by atoms with Crippen LogP contribution in [0.1, 0.15) is 47.5 Å². The highest BCUT2D eigenvalue weighted by atomic mass is 16.6. The van der Waals surface area contributed by atoms with E-state index in [4.69, 9.17) is 9.47 Å². The van der Waals surface area contributed by atoms with Crippen molar-refractivity contribution in [2.24, 2.45) is 0 Å². The highest BCUT2D eigenvalue weighted by molar-refractivity contribution is 5.80. The van der Waals surface area contributed by atoms with Crippen molar-refractivity contribution in [3.8, 4) is 0 Å². The molecule has 0 saturated carbocycles. The Labute approximate surface area is 122 Å². The Balaban J connectivity index is 2.28. The summed E-state index contributed by atoms with van der Waals surface area (Å²) < 4.78 is 11.5. The van der Waals surface area contributed by atoms with Crippen LogP contribution >= 0.6 is 0 Å². The molecule has 2 N–H and O–H groups in total. The second kappa shape index (κ2) is 7.96. The molecule has 0 radical (unpaired) electrons. The first-order chi connectivity index (χ1) is 9.34. The highest BCUT2D eigenvalue weighted by Gasteiger charge is 2.29. The summed E-state index contributed by atoms with van der Waals surface area (Å²) in [5.74, 6) is -0.0472. The summed E-state index contributed by atoms with van der Waals surface area (Å²) in [6, 6.07) is 0.199. The van der Waals surface area contributed by atoms with Crippen molar-refractivity contribution in [1.29, 1.82) is 0 Å². The molecule has 5 nitrogen and oxygen atoms in total. The minimum Gasteiger partial charge on any atom is -0.367 e. The van der Waals surface area contributed by atoms with Gasteiger partial charge in [-0.25, -0.2) is 0 Å². The number of nitrogens with one attached hydrogen (secondary N) is 2. The fourth-order valence-electron chi connectivity index (χ4n) is 2.35. The first-order valence-corrected chi connectivity index (χ1v) is 7.64. The minimum absolute atomic E-state index is 0.00191. The molecule has 0 spiro atoms. The lowest BCUT2D eigenvalue weighted by molar-refractivity contribution is -0.145. The Hall–Kier alpha value is -0.650. The number of hydrogen-bond acceptors (Lipinski definition) is 4. The van der Waals surface area contributed by atoms with Crippen molar-refractivity contribution in [1.82, 2.24) is 10.6 Å². The third-order valence-corrected chi connectivity index (χ3v) is 3.42. The molecule has 1 rings (SSSR count). The predicted octanol–water partition coefficient (Wildman–Crippen LogP) is 1.46. The predicted molar refractivity (Wildman–Crippen MR) is 79.7 cm³/mol. The Kier molecular flexibility index (Phi) is 6.92. The van der Waals surface area contributed by atoms with Crippen molar-refractivity contribution in [3.05, 3.63) is 0 Å². The lowest BCUT2D eigenvalue weighted by Gasteiger charge is -2.36. The maximum absolute atomic E-state index is 11.9. The van der Waals surface area contributed by atoms with Gasteiger partial charge in [-0.1, -0.05) is 13.3 Å². The van der Waals surface area contributed by atoms with Crippen LogP contribution in [0.25, 0.3) is 0 Å². The standard InChI is InChI=1S/C15H30N2O3/c1-6-7-11(2)17-14(18)12(3)19-9-13-8-16-10-15(4,5)20-13/h11-13,16H,6-10H2,1-5H3,(H,17,18). The van der Waals surface area contributed by atoms with E-state index >= 15 is 0 Å². The summed E-state index contributed by atoms with van der Waals surface area (Å²) in [6.07, 6.45) is 1.61. The van der Waals surface area contributed by atoms with E-state index in [9.17, 15) is 4.79 Å². The van der Waals surface area contributed by atoms with Crippen molar-refractivity contribution >= 4 is 5.91 Å². The number of amides is 1. The molecule has 1 amide bonds. The molecule has 20 heavy (non-hydrogen) atoms. The molecule has 1 aliphatic heterocycles. The largest absolute Gasteiger partial charge is 0.367 e. The van der Waals surface area contributed by atoms with E-state index in [2.05, 4.69) is 31.4 Å². The Morgan fingerprint density at radius 3 is 2.80 bits per heavy atom. The van der Waals surface area contributed by atoms with Gasteiger partial charge in [-0.2, -0.15) is 0 Å². The van der Waals surface area contributed by atoms with E-state index in [0.717, 1.165) is 25.9 Å². The van der Waals surface area contributed by atoms with E-state index in [1.54, 1.807) is 6.92 Å². The number of carbonyl (C=O) groups is 1. The quantitative estimate of drug-likeness (QED) is 0.744.